The van der Waals surface area contributed by atoms with Gasteiger partial charge in [0.15, 0.2) is 11.5 Å². The van der Waals surface area contributed by atoms with Gasteiger partial charge in [0.1, 0.15) is 12.2 Å². The number of piperidine rings is 1. The van der Waals surface area contributed by atoms with Crippen LogP contribution in [-0.4, -0.2) is 65.9 Å². The summed E-state index contributed by atoms with van der Waals surface area (Å²) in [5.41, 5.74) is -0.988. The van der Waals surface area contributed by atoms with E-state index in [1.807, 2.05) is 51.2 Å². The molecule has 3 atom stereocenters. The fourth-order valence-electron chi connectivity index (χ4n) is 5.15. The van der Waals surface area contributed by atoms with E-state index in [1.54, 1.807) is 7.11 Å². The Hall–Kier alpha value is -1.57. The molecule has 2 bridgehead atoms. The Labute approximate surface area is 193 Å². The number of rotatable bonds is 7. The Morgan fingerprint density at radius 2 is 2.06 bits per heavy atom. The highest BCUT2D eigenvalue weighted by Gasteiger charge is 2.65. The van der Waals surface area contributed by atoms with Crippen molar-refractivity contribution >= 4 is 28.0 Å². The predicted octanol–water partition coefficient (Wildman–Crippen LogP) is 4.04. The van der Waals surface area contributed by atoms with Crippen molar-refractivity contribution in [1.82, 2.24) is 4.90 Å². The first-order chi connectivity index (χ1) is 14.6. The molecule has 31 heavy (non-hydrogen) atoms. The number of fused-ring (bicyclic) bond motifs is 2. The molecule has 3 rings (SSSR count). The molecule has 1 aromatic rings. The molecule has 0 spiro atoms. The lowest BCUT2D eigenvalue weighted by molar-refractivity contribution is -0.180. The van der Waals surface area contributed by atoms with Crippen molar-refractivity contribution in [2.75, 3.05) is 33.9 Å². The summed E-state index contributed by atoms with van der Waals surface area (Å²) in [4.78, 5) is 13.8. The lowest BCUT2D eigenvalue weighted by atomic mass is 9.55. The van der Waals surface area contributed by atoms with Crippen molar-refractivity contribution in [2.45, 2.75) is 56.1 Å². The highest BCUT2D eigenvalue weighted by molar-refractivity contribution is 9.10. The zero-order valence-electron chi connectivity index (χ0n) is 19.1. The lowest BCUT2D eigenvalue weighted by Gasteiger charge is -2.62. The molecule has 6 nitrogen and oxygen atoms in total. The molecule has 0 aromatic heterocycles. The third kappa shape index (κ3) is 4.50. The van der Waals surface area contributed by atoms with Crippen molar-refractivity contribution in [3.8, 4) is 11.5 Å². The van der Waals surface area contributed by atoms with Crippen molar-refractivity contribution in [3.05, 3.63) is 29.8 Å². The molecule has 1 saturated heterocycles. The summed E-state index contributed by atoms with van der Waals surface area (Å²) in [7, 11) is 3.66. The van der Waals surface area contributed by atoms with Crippen molar-refractivity contribution in [3.63, 3.8) is 0 Å². The number of para-hydroxylation sites is 1. The Balaban J connectivity index is 2.06. The normalized spacial score (nSPS) is 31.1. The molecule has 0 unspecified atom stereocenters. The zero-order valence-corrected chi connectivity index (χ0v) is 20.7. The van der Waals surface area contributed by atoms with Gasteiger partial charge in [-0.25, -0.2) is 0 Å². The van der Waals surface area contributed by atoms with Crippen LogP contribution in [0.3, 0.4) is 0 Å². The maximum absolute atomic E-state index is 12.2. The van der Waals surface area contributed by atoms with E-state index in [4.69, 9.17) is 14.2 Å². The van der Waals surface area contributed by atoms with Gasteiger partial charge in [0.05, 0.1) is 23.0 Å². The topological polar surface area (TPSA) is 68.2 Å². The first kappa shape index (κ1) is 24.1. The lowest BCUT2D eigenvalue weighted by Crippen LogP contribution is -2.73. The zero-order chi connectivity index (χ0) is 22.9. The van der Waals surface area contributed by atoms with Crippen LogP contribution in [0.25, 0.3) is 6.08 Å². The summed E-state index contributed by atoms with van der Waals surface area (Å²) in [5, 5.41) is 12.2. The number of methoxy groups -OCH3 is 1. The molecular weight excluding hydrogens is 462 g/mol. The number of likely N-dealkylation sites (tertiary alicyclic amines) is 1. The fraction of sp³-hybridized carbons (Fsp3) is 0.625. The molecule has 0 radical (unpaired) electrons. The third-order valence-electron chi connectivity index (χ3n) is 6.45. The second-order valence-corrected chi connectivity index (χ2v) is 10.7. The maximum Gasteiger partial charge on any atom is 0.302 e. The smallest absolute Gasteiger partial charge is 0.302 e. The van der Waals surface area contributed by atoms with Crippen LogP contribution in [0.2, 0.25) is 0 Å². The molecule has 7 heteroatoms. The van der Waals surface area contributed by atoms with Gasteiger partial charge in [-0.3, -0.25) is 4.79 Å². The van der Waals surface area contributed by atoms with Gasteiger partial charge in [0.25, 0.3) is 0 Å². The number of hydrogen-bond donors (Lipinski definition) is 1. The van der Waals surface area contributed by atoms with E-state index in [-0.39, 0.29) is 18.7 Å². The number of ether oxygens (including phenoxy) is 3. The molecule has 2 aliphatic rings. The fourth-order valence-corrected chi connectivity index (χ4v) is 6.41. The molecule has 2 fully saturated rings. The van der Waals surface area contributed by atoms with E-state index in [1.165, 1.54) is 6.92 Å². The quantitative estimate of drug-likeness (QED) is 0.454. The van der Waals surface area contributed by atoms with Gasteiger partial charge < -0.3 is 24.2 Å². The predicted molar refractivity (Wildman–Crippen MR) is 125 cm³/mol. The molecular formula is C24H34BrNO5. The standard InChI is InChI=1S/C24H34BrNO5/c1-17(2)31-21-19(8-6-9-20(21)29-5)10-13-24(28)22(16-30-18(3)27)11-7-12-23(24,25)15-26(4)14-22/h6,8-10,13,17,28H,7,11-12,14-16H2,1-5H3/b13-10-/t22-,23-,24-/m0/s1. The number of hydrogen-bond acceptors (Lipinski definition) is 6. The van der Waals surface area contributed by atoms with Gasteiger partial charge in [-0.1, -0.05) is 46.6 Å². The van der Waals surface area contributed by atoms with Crippen LogP contribution < -0.4 is 9.47 Å². The molecule has 1 aliphatic heterocycles. The Kier molecular flexibility index (Phi) is 7.08. The van der Waals surface area contributed by atoms with Gasteiger partial charge in [-0.05, 0) is 39.8 Å². The average Bonchev–Trinajstić information content (AvgIpc) is 2.67. The van der Waals surface area contributed by atoms with Crippen molar-refractivity contribution in [2.24, 2.45) is 5.41 Å². The van der Waals surface area contributed by atoms with Crippen LogP contribution in [-0.2, 0) is 9.53 Å². The first-order valence-corrected chi connectivity index (χ1v) is 11.6. The molecule has 1 aromatic carbocycles. The van der Waals surface area contributed by atoms with Crippen LogP contribution in [0.5, 0.6) is 11.5 Å². The monoisotopic (exact) mass is 495 g/mol. The summed E-state index contributed by atoms with van der Waals surface area (Å²) in [6.45, 7) is 6.86. The summed E-state index contributed by atoms with van der Waals surface area (Å²) in [5.74, 6) is 0.963. The second kappa shape index (κ2) is 9.12. The summed E-state index contributed by atoms with van der Waals surface area (Å²) in [6.07, 6.45) is 6.32. The number of benzene rings is 1. The minimum absolute atomic E-state index is 0.0212. The summed E-state index contributed by atoms with van der Waals surface area (Å²) >= 11 is 3.91. The number of nitrogens with zero attached hydrogens (tertiary/aromatic N) is 1. The van der Waals surface area contributed by atoms with Gasteiger partial charge in [0, 0.05) is 25.6 Å². The van der Waals surface area contributed by atoms with Gasteiger partial charge in [-0.15, -0.1) is 0 Å². The van der Waals surface area contributed by atoms with Crippen molar-refractivity contribution in [1.29, 1.82) is 0 Å². The Morgan fingerprint density at radius 1 is 1.32 bits per heavy atom. The van der Waals surface area contributed by atoms with Crippen LogP contribution in [0, 0.1) is 5.41 Å². The van der Waals surface area contributed by atoms with E-state index in [0.29, 0.717) is 24.6 Å². The number of alkyl halides is 1. The maximum atomic E-state index is 12.2. The van der Waals surface area contributed by atoms with Crippen molar-refractivity contribution < 1.29 is 24.1 Å². The average molecular weight is 496 g/mol. The number of carbonyl (C=O) groups excluding carboxylic acids is 1. The van der Waals surface area contributed by atoms with E-state index in [9.17, 15) is 9.90 Å². The molecule has 1 aliphatic carbocycles. The van der Waals surface area contributed by atoms with Crippen LogP contribution in [0.15, 0.2) is 24.3 Å². The Bertz CT molecular complexity index is 843. The number of carbonyl (C=O) groups is 1. The van der Waals surface area contributed by atoms with E-state index in [2.05, 4.69) is 20.8 Å². The first-order valence-electron chi connectivity index (χ1n) is 10.8. The molecule has 0 amide bonds. The summed E-state index contributed by atoms with van der Waals surface area (Å²) in [6, 6.07) is 5.72. The van der Waals surface area contributed by atoms with Gasteiger partial charge >= 0.3 is 5.97 Å². The van der Waals surface area contributed by atoms with Crippen LogP contribution in [0.4, 0.5) is 0 Å². The largest absolute Gasteiger partial charge is 0.493 e. The molecule has 1 saturated carbocycles. The SMILES string of the molecule is COc1cccc(/C=C\[C@@]2(O)[C@]3(Br)CCC[C@@]2(COC(C)=O)CN(C)C3)c1OC(C)C. The number of aliphatic hydroxyl groups is 1. The Morgan fingerprint density at radius 3 is 2.71 bits per heavy atom. The van der Waals surface area contributed by atoms with E-state index in [0.717, 1.165) is 24.8 Å². The third-order valence-corrected chi connectivity index (χ3v) is 7.70. The minimum Gasteiger partial charge on any atom is -0.493 e. The highest BCUT2D eigenvalue weighted by Crippen LogP contribution is 2.58. The second-order valence-electron chi connectivity index (χ2n) is 9.20. The van der Waals surface area contributed by atoms with E-state index >= 15 is 0 Å². The molecule has 1 heterocycles. The number of esters is 1. The van der Waals surface area contributed by atoms with Gasteiger partial charge in [-0.2, -0.15) is 0 Å². The van der Waals surface area contributed by atoms with Gasteiger partial charge in [0.2, 0.25) is 0 Å². The summed E-state index contributed by atoms with van der Waals surface area (Å²) < 4.78 is 16.5. The molecule has 1 N–H and O–H groups in total. The molecule has 172 valence electrons. The van der Waals surface area contributed by atoms with E-state index < -0.39 is 15.3 Å². The van der Waals surface area contributed by atoms with Crippen LogP contribution in [0.1, 0.15) is 45.6 Å². The number of halogens is 1. The highest BCUT2D eigenvalue weighted by atomic mass is 79.9. The van der Waals surface area contributed by atoms with Crippen LogP contribution >= 0.6 is 15.9 Å². The minimum atomic E-state index is -1.21.